The molecule has 1 aliphatic rings. The van der Waals surface area contributed by atoms with Crippen LogP contribution < -0.4 is 15.4 Å². The fourth-order valence-corrected chi connectivity index (χ4v) is 2.64. The lowest BCUT2D eigenvalue weighted by atomic mass is 9.99. The van der Waals surface area contributed by atoms with Crippen molar-refractivity contribution in [1.29, 1.82) is 0 Å². The highest BCUT2D eigenvalue weighted by atomic mass is 19.3. The molecule has 0 saturated heterocycles. The molecule has 2 N–H and O–H groups in total. The smallest absolute Gasteiger partial charge is 0.278 e. The van der Waals surface area contributed by atoms with Gasteiger partial charge in [-0.2, -0.15) is 0 Å². The molecule has 0 bridgehead atoms. The number of anilines is 1. The summed E-state index contributed by atoms with van der Waals surface area (Å²) in [6.45, 7) is 0.381. The molecule has 25 heavy (non-hydrogen) atoms. The van der Waals surface area contributed by atoms with Crippen LogP contribution in [0.5, 0.6) is 5.75 Å². The fourth-order valence-electron chi connectivity index (χ4n) is 2.64. The highest BCUT2D eigenvalue weighted by Crippen LogP contribution is 2.26. The van der Waals surface area contributed by atoms with Crippen LogP contribution in [0.4, 0.5) is 18.9 Å². The molecule has 1 amide bonds. The number of halogens is 3. The van der Waals surface area contributed by atoms with Gasteiger partial charge in [0.2, 0.25) is 0 Å². The van der Waals surface area contributed by atoms with Gasteiger partial charge in [-0.05, 0) is 42.3 Å². The number of hydrogen-bond acceptors (Lipinski definition) is 4. The zero-order valence-electron chi connectivity index (χ0n) is 13.2. The number of pyridine rings is 1. The van der Waals surface area contributed by atoms with E-state index in [9.17, 15) is 18.0 Å². The lowest BCUT2D eigenvalue weighted by Gasteiger charge is -2.19. The molecular formula is C17H16F3N3O2. The number of benzene rings is 1. The van der Waals surface area contributed by atoms with E-state index in [-0.39, 0.29) is 17.1 Å². The lowest BCUT2D eigenvalue weighted by Crippen LogP contribution is -2.25. The summed E-state index contributed by atoms with van der Waals surface area (Å²) in [5, 5.41) is 5.58. The molecule has 8 heteroatoms. The van der Waals surface area contributed by atoms with Crippen LogP contribution in [0.3, 0.4) is 0 Å². The van der Waals surface area contributed by atoms with Crippen LogP contribution in [0.1, 0.15) is 21.6 Å². The molecule has 1 aliphatic heterocycles. The van der Waals surface area contributed by atoms with Crippen molar-refractivity contribution in [3.05, 3.63) is 53.1 Å². The summed E-state index contributed by atoms with van der Waals surface area (Å²) in [5.74, 6) is -1.29. The van der Waals surface area contributed by atoms with E-state index in [1.54, 1.807) is 6.07 Å². The maximum absolute atomic E-state index is 14.6. The highest BCUT2D eigenvalue weighted by Gasteiger charge is 2.20. The number of rotatable bonds is 5. The van der Waals surface area contributed by atoms with Gasteiger partial charge in [0, 0.05) is 12.7 Å². The van der Waals surface area contributed by atoms with Crippen molar-refractivity contribution in [3.8, 4) is 5.75 Å². The first-order chi connectivity index (χ1) is 12.1. The van der Waals surface area contributed by atoms with E-state index in [1.165, 1.54) is 24.4 Å². The Morgan fingerprint density at radius 1 is 1.36 bits per heavy atom. The van der Waals surface area contributed by atoms with Crippen molar-refractivity contribution < 1.29 is 22.7 Å². The third-order valence-corrected chi connectivity index (χ3v) is 3.81. The van der Waals surface area contributed by atoms with E-state index < -0.39 is 24.8 Å². The number of ether oxygens (including phenoxy) is 1. The average Bonchev–Trinajstić information content (AvgIpc) is 2.62. The predicted octanol–water partition coefficient (Wildman–Crippen LogP) is 2.76. The van der Waals surface area contributed by atoms with E-state index in [0.29, 0.717) is 25.1 Å². The molecular weight excluding hydrogens is 335 g/mol. The van der Waals surface area contributed by atoms with Crippen LogP contribution in [0.25, 0.3) is 0 Å². The Kier molecular flexibility index (Phi) is 5.18. The molecule has 0 saturated carbocycles. The number of nitrogens with one attached hydrogen (secondary N) is 2. The first kappa shape index (κ1) is 17.2. The number of aromatic nitrogens is 1. The van der Waals surface area contributed by atoms with Crippen LogP contribution in [0.15, 0.2) is 30.5 Å². The van der Waals surface area contributed by atoms with Crippen LogP contribution in [-0.4, -0.2) is 30.5 Å². The van der Waals surface area contributed by atoms with E-state index in [0.717, 1.165) is 5.56 Å². The van der Waals surface area contributed by atoms with Crippen LogP contribution in [0.2, 0.25) is 0 Å². The Hall–Kier alpha value is -2.61. The first-order valence-electron chi connectivity index (χ1n) is 7.74. The molecule has 0 radical (unpaired) electrons. The van der Waals surface area contributed by atoms with Gasteiger partial charge in [-0.3, -0.25) is 4.79 Å². The molecule has 5 nitrogen and oxygen atoms in total. The number of nitrogens with zero attached hydrogens (tertiary/aromatic N) is 1. The Bertz CT molecular complexity index is 784. The zero-order chi connectivity index (χ0) is 17.8. The number of hydrogen-bond donors (Lipinski definition) is 2. The maximum Gasteiger partial charge on any atom is 0.278 e. The van der Waals surface area contributed by atoms with E-state index >= 15 is 0 Å². The van der Waals surface area contributed by atoms with Gasteiger partial charge in [0.25, 0.3) is 12.3 Å². The fraction of sp³-hybridized carbons (Fsp3) is 0.294. The van der Waals surface area contributed by atoms with Crippen molar-refractivity contribution in [1.82, 2.24) is 10.3 Å². The predicted molar refractivity (Wildman–Crippen MR) is 85.5 cm³/mol. The monoisotopic (exact) mass is 351 g/mol. The molecule has 2 aromatic rings. The number of carbonyl (C=O) groups excluding carboxylic acids is 1. The Morgan fingerprint density at radius 2 is 2.20 bits per heavy atom. The molecule has 0 atom stereocenters. The second-order valence-electron chi connectivity index (χ2n) is 5.50. The van der Waals surface area contributed by atoms with Crippen molar-refractivity contribution in [2.45, 2.75) is 19.4 Å². The third kappa shape index (κ3) is 3.90. The van der Waals surface area contributed by atoms with Gasteiger partial charge in [0.05, 0.1) is 5.69 Å². The van der Waals surface area contributed by atoms with Crippen LogP contribution in [-0.2, 0) is 13.0 Å². The van der Waals surface area contributed by atoms with Gasteiger partial charge in [0.15, 0.2) is 11.4 Å². The largest absolute Gasteiger partial charge is 0.485 e. The quantitative estimate of drug-likeness (QED) is 0.870. The third-order valence-electron chi connectivity index (χ3n) is 3.81. The van der Waals surface area contributed by atoms with Gasteiger partial charge in [-0.15, -0.1) is 0 Å². The summed E-state index contributed by atoms with van der Waals surface area (Å²) < 4.78 is 44.1. The molecule has 0 aliphatic carbocycles. The Morgan fingerprint density at radius 3 is 3.00 bits per heavy atom. The van der Waals surface area contributed by atoms with Crippen molar-refractivity contribution in [3.63, 3.8) is 0 Å². The van der Waals surface area contributed by atoms with Crippen molar-refractivity contribution in [2.24, 2.45) is 0 Å². The van der Waals surface area contributed by atoms with Gasteiger partial charge < -0.3 is 15.4 Å². The molecule has 0 fully saturated rings. The molecule has 0 spiro atoms. The normalized spacial score (nSPS) is 13.4. The summed E-state index contributed by atoms with van der Waals surface area (Å²) in [4.78, 5) is 16.2. The minimum atomic E-state index is -2.68. The van der Waals surface area contributed by atoms with Gasteiger partial charge in [-0.25, -0.2) is 18.2 Å². The van der Waals surface area contributed by atoms with Crippen molar-refractivity contribution >= 4 is 11.6 Å². The molecule has 1 aromatic carbocycles. The molecule has 0 unspecified atom stereocenters. The van der Waals surface area contributed by atoms with Gasteiger partial charge in [-0.1, -0.05) is 6.07 Å². The van der Waals surface area contributed by atoms with Crippen molar-refractivity contribution in [2.75, 3.05) is 18.5 Å². The van der Waals surface area contributed by atoms with E-state index in [2.05, 4.69) is 15.6 Å². The Labute approximate surface area is 142 Å². The Balaban J connectivity index is 1.81. The number of alkyl halides is 2. The average molecular weight is 351 g/mol. The summed E-state index contributed by atoms with van der Waals surface area (Å²) in [5.41, 5.74) is 1.25. The van der Waals surface area contributed by atoms with Gasteiger partial charge >= 0.3 is 0 Å². The first-order valence-corrected chi connectivity index (χ1v) is 7.74. The van der Waals surface area contributed by atoms with Crippen LogP contribution >= 0.6 is 0 Å². The topological polar surface area (TPSA) is 63.2 Å². The summed E-state index contributed by atoms with van der Waals surface area (Å²) in [7, 11) is 0. The minimum absolute atomic E-state index is 0.0242. The zero-order valence-corrected chi connectivity index (χ0v) is 13.2. The molecule has 3 rings (SSSR count). The second kappa shape index (κ2) is 7.52. The summed E-state index contributed by atoms with van der Waals surface area (Å²) in [6, 6.07) is 6.04. The van der Waals surface area contributed by atoms with E-state index in [1.807, 2.05) is 0 Å². The van der Waals surface area contributed by atoms with Crippen LogP contribution in [0, 0.1) is 5.82 Å². The second-order valence-corrected chi connectivity index (χ2v) is 5.50. The standard InChI is InChI=1S/C17H16F3N3O2/c18-14(19)9-25-13-2-1-6-22-16(13)17(24)23-12-4-3-10-8-21-7-5-11(10)15(12)20/h1-4,6,14,21H,5,7-9H2,(H,23,24). The number of carbonyl (C=O) groups is 1. The molecule has 132 valence electrons. The molecule has 1 aromatic heterocycles. The number of amides is 1. The highest BCUT2D eigenvalue weighted by molar-refractivity contribution is 6.04. The molecule has 2 heterocycles. The SMILES string of the molecule is O=C(Nc1ccc2c(c1F)CCNC2)c1ncccc1OCC(F)F. The number of fused-ring (bicyclic) bond motifs is 1. The van der Waals surface area contributed by atoms with E-state index in [4.69, 9.17) is 4.74 Å². The van der Waals surface area contributed by atoms with Gasteiger partial charge in [0.1, 0.15) is 12.4 Å². The minimum Gasteiger partial charge on any atom is -0.485 e. The summed E-state index contributed by atoms with van der Waals surface area (Å²) in [6.07, 6.45) is -0.821. The maximum atomic E-state index is 14.6. The lowest BCUT2D eigenvalue weighted by molar-refractivity contribution is 0.0799. The summed E-state index contributed by atoms with van der Waals surface area (Å²) >= 11 is 0.